The summed E-state index contributed by atoms with van der Waals surface area (Å²) in [5, 5.41) is 5.71. The molecule has 0 radical (unpaired) electrons. The highest BCUT2D eigenvalue weighted by molar-refractivity contribution is 6.43. The van der Waals surface area contributed by atoms with Gasteiger partial charge in [-0.1, -0.05) is 42.6 Å². The Kier molecular flexibility index (Phi) is 7.98. The van der Waals surface area contributed by atoms with E-state index in [4.69, 9.17) is 23.2 Å². The standard InChI is InChI=1S/C26H30Cl2N4O.ClH/c1-2-5-24(32-14-12-31(13-15-32)23-9-4-7-20(27)25(23)28)30-26(33)17-10-11-22-19(16-17)18-6-3-8-21(18)29-22;/h4,7,9-11,16,24,29H,2-3,5-6,8,12-15H2,1H3,(H,30,33);1H. The van der Waals surface area contributed by atoms with Crippen LogP contribution >= 0.6 is 35.6 Å². The molecule has 2 N–H and O–H groups in total. The Morgan fingerprint density at radius 3 is 2.68 bits per heavy atom. The predicted octanol–water partition coefficient (Wildman–Crippen LogP) is 6.06. The number of nitrogens with one attached hydrogen (secondary N) is 2. The lowest BCUT2D eigenvalue weighted by Gasteiger charge is -2.40. The van der Waals surface area contributed by atoms with Gasteiger partial charge in [0.05, 0.1) is 21.9 Å². The van der Waals surface area contributed by atoms with Gasteiger partial charge in [-0.15, -0.1) is 12.4 Å². The van der Waals surface area contributed by atoms with Crippen LogP contribution < -0.4 is 10.2 Å². The Labute approximate surface area is 217 Å². The van der Waals surface area contributed by atoms with Gasteiger partial charge in [0, 0.05) is 48.3 Å². The Morgan fingerprint density at radius 2 is 1.91 bits per heavy atom. The van der Waals surface area contributed by atoms with Crippen molar-refractivity contribution in [1.82, 2.24) is 15.2 Å². The molecule has 1 fully saturated rings. The van der Waals surface area contributed by atoms with Crippen LogP contribution in [0.3, 0.4) is 0 Å². The second-order valence-electron chi connectivity index (χ2n) is 9.07. The molecular weight excluding hydrogens is 491 g/mol. The number of carbonyl (C=O) groups excluding carboxylic acids is 1. The number of piperazine rings is 1. The number of rotatable bonds is 6. The largest absolute Gasteiger partial charge is 0.368 e. The maximum absolute atomic E-state index is 13.2. The molecule has 1 unspecified atom stereocenters. The van der Waals surface area contributed by atoms with Gasteiger partial charge in [0.1, 0.15) is 0 Å². The Bertz CT molecular complexity index is 1170. The Hall–Kier alpha value is -1.92. The summed E-state index contributed by atoms with van der Waals surface area (Å²) < 4.78 is 0. The molecule has 2 heterocycles. The van der Waals surface area contributed by atoms with E-state index < -0.39 is 0 Å². The van der Waals surface area contributed by atoms with E-state index in [1.54, 1.807) is 0 Å². The average Bonchev–Trinajstić information content (AvgIpc) is 3.42. The van der Waals surface area contributed by atoms with Gasteiger partial charge in [-0.05, 0) is 61.6 Å². The summed E-state index contributed by atoms with van der Waals surface area (Å²) in [7, 11) is 0. The van der Waals surface area contributed by atoms with E-state index in [0.29, 0.717) is 10.0 Å². The number of nitrogens with zero attached hydrogens (tertiary/aromatic N) is 2. The molecule has 0 bridgehead atoms. The zero-order valence-electron chi connectivity index (χ0n) is 19.4. The zero-order valence-corrected chi connectivity index (χ0v) is 21.7. The normalized spacial score (nSPS) is 16.9. The number of hydrogen-bond acceptors (Lipinski definition) is 3. The third kappa shape index (κ3) is 4.90. The van der Waals surface area contributed by atoms with Crippen LogP contribution in [0.4, 0.5) is 5.69 Å². The van der Waals surface area contributed by atoms with Crippen molar-refractivity contribution in [2.24, 2.45) is 0 Å². The topological polar surface area (TPSA) is 51.4 Å². The molecule has 3 aromatic rings. The van der Waals surface area contributed by atoms with Crippen LogP contribution in [-0.4, -0.2) is 48.1 Å². The van der Waals surface area contributed by atoms with Crippen molar-refractivity contribution >= 4 is 58.1 Å². The van der Waals surface area contributed by atoms with Gasteiger partial charge in [-0.2, -0.15) is 0 Å². The molecule has 182 valence electrons. The smallest absolute Gasteiger partial charge is 0.252 e. The molecule has 1 aliphatic heterocycles. The lowest BCUT2D eigenvalue weighted by atomic mass is 10.1. The minimum Gasteiger partial charge on any atom is -0.368 e. The van der Waals surface area contributed by atoms with Crippen molar-refractivity contribution in [3.8, 4) is 0 Å². The number of halogens is 3. The summed E-state index contributed by atoms with van der Waals surface area (Å²) in [6, 6.07) is 11.8. The third-order valence-corrected chi connectivity index (χ3v) is 7.81. The number of H-pyrrole nitrogens is 1. The minimum atomic E-state index is 0. The maximum atomic E-state index is 13.2. The fourth-order valence-electron chi connectivity index (χ4n) is 5.25. The van der Waals surface area contributed by atoms with Crippen LogP contribution in [0.2, 0.25) is 10.0 Å². The average molecular weight is 522 g/mol. The van der Waals surface area contributed by atoms with E-state index in [1.165, 1.54) is 23.1 Å². The molecule has 2 aliphatic rings. The van der Waals surface area contributed by atoms with Crippen molar-refractivity contribution in [2.45, 2.75) is 45.2 Å². The molecule has 8 heteroatoms. The first-order chi connectivity index (χ1) is 16.0. The van der Waals surface area contributed by atoms with E-state index >= 15 is 0 Å². The predicted molar refractivity (Wildman–Crippen MR) is 144 cm³/mol. The molecule has 1 aromatic heterocycles. The number of aromatic nitrogens is 1. The van der Waals surface area contributed by atoms with Crippen molar-refractivity contribution in [1.29, 1.82) is 0 Å². The maximum Gasteiger partial charge on any atom is 0.252 e. The van der Waals surface area contributed by atoms with Gasteiger partial charge in [0.15, 0.2) is 0 Å². The highest BCUT2D eigenvalue weighted by atomic mass is 35.5. The number of amides is 1. The zero-order chi connectivity index (χ0) is 22.9. The van der Waals surface area contributed by atoms with Crippen LogP contribution in [0.5, 0.6) is 0 Å². The molecule has 34 heavy (non-hydrogen) atoms. The fourth-order valence-corrected chi connectivity index (χ4v) is 5.67. The van der Waals surface area contributed by atoms with Crippen LogP contribution in [0.1, 0.15) is 47.8 Å². The van der Waals surface area contributed by atoms with Gasteiger partial charge < -0.3 is 15.2 Å². The van der Waals surface area contributed by atoms with Crippen molar-refractivity contribution in [3.05, 3.63) is 63.3 Å². The summed E-state index contributed by atoms with van der Waals surface area (Å²) in [4.78, 5) is 21.4. The van der Waals surface area contributed by atoms with Gasteiger partial charge in [-0.3, -0.25) is 9.69 Å². The van der Waals surface area contributed by atoms with E-state index in [9.17, 15) is 4.79 Å². The first-order valence-corrected chi connectivity index (χ1v) is 12.7. The van der Waals surface area contributed by atoms with E-state index in [2.05, 4.69) is 33.1 Å². The van der Waals surface area contributed by atoms with Gasteiger partial charge >= 0.3 is 0 Å². The second kappa shape index (κ2) is 10.8. The van der Waals surface area contributed by atoms with Gasteiger partial charge in [0.2, 0.25) is 0 Å². The number of carbonyl (C=O) groups is 1. The summed E-state index contributed by atoms with van der Waals surface area (Å²) in [5.74, 6) is 0.00334. The first kappa shape index (κ1) is 25.2. The quantitative estimate of drug-likeness (QED) is 0.414. The lowest BCUT2D eigenvalue weighted by Crippen LogP contribution is -2.56. The Morgan fingerprint density at radius 1 is 1.12 bits per heavy atom. The molecule has 1 aliphatic carbocycles. The fraction of sp³-hybridized carbons (Fsp3) is 0.423. The summed E-state index contributed by atoms with van der Waals surface area (Å²) >= 11 is 12.6. The third-order valence-electron chi connectivity index (χ3n) is 7.00. The molecule has 5 nitrogen and oxygen atoms in total. The lowest BCUT2D eigenvalue weighted by molar-refractivity contribution is 0.0824. The number of hydrogen-bond donors (Lipinski definition) is 2. The molecular formula is C26H31Cl3N4O. The molecule has 5 rings (SSSR count). The molecule has 0 saturated carbocycles. The molecule has 2 aromatic carbocycles. The minimum absolute atomic E-state index is 0. The molecule has 1 saturated heterocycles. The van der Waals surface area contributed by atoms with E-state index in [1.807, 2.05) is 30.3 Å². The van der Waals surface area contributed by atoms with Crippen molar-refractivity contribution in [2.75, 3.05) is 31.1 Å². The highest BCUT2D eigenvalue weighted by Crippen LogP contribution is 2.33. The summed E-state index contributed by atoms with van der Waals surface area (Å²) in [6.07, 6.45) is 5.35. The number of aryl methyl sites for hydroxylation is 2. The monoisotopic (exact) mass is 520 g/mol. The van der Waals surface area contributed by atoms with Crippen molar-refractivity contribution in [3.63, 3.8) is 0 Å². The van der Waals surface area contributed by atoms with Crippen molar-refractivity contribution < 1.29 is 4.79 Å². The highest BCUT2D eigenvalue weighted by Gasteiger charge is 2.26. The van der Waals surface area contributed by atoms with E-state index in [-0.39, 0.29) is 24.5 Å². The van der Waals surface area contributed by atoms with Crippen LogP contribution in [0, 0.1) is 0 Å². The van der Waals surface area contributed by atoms with Gasteiger partial charge in [0.25, 0.3) is 5.91 Å². The number of fused-ring (bicyclic) bond motifs is 3. The van der Waals surface area contributed by atoms with Gasteiger partial charge in [-0.25, -0.2) is 0 Å². The van der Waals surface area contributed by atoms with Crippen LogP contribution in [-0.2, 0) is 12.8 Å². The van der Waals surface area contributed by atoms with Crippen LogP contribution in [0.25, 0.3) is 10.9 Å². The molecule has 0 spiro atoms. The SMILES string of the molecule is CCCC(NC(=O)c1ccc2[nH]c3c(c2c1)CCC3)N1CCN(c2cccc(Cl)c2Cl)CC1.Cl. The number of aromatic amines is 1. The Balaban J connectivity index is 0.00000274. The van der Waals surface area contributed by atoms with E-state index in [0.717, 1.165) is 68.6 Å². The summed E-state index contributed by atoms with van der Waals surface area (Å²) in [5.41, 5.74) is 5.58. The second-order valence-corrected chi connectivity index (χ2v) is 9.86. The number of benzene rings is 2. The molecule has 1 amide bonds. The number of anilines is 1. The van der Waals surface area contributed by atoms with Crippen LogP contribution in [0.15, 0.2) is 36.4 Å². The summed E-state index contributed by atoms with van der Waals surface area (Å²) in [6.45, 7) is 5.57. The molecule has 1 atom stereocenters. The first-order valence-electron chi connectivity index (χ1n) is 11.9.